The lowest BCUT2D eigenvalue weighted by Crippen LogP contribution is -2.57. The van der Waals surface area contributed by atoms with Crippen LogP contribution in [0.2, 0.25) is 0 Å². The Morgan fingerprint density at radius 2 is 2.00 bits per heavy atom. The van der Waals surface area contributed by atoms with Gasteiger partial charge in [-0.15, -0.1) is 0 Å². The molecular weight excluding hydrogens is 230 g/mol. The molecule has 90 valence electrons. The van der Waals surface area contributed by atoms with Gasteiger partial charge < -0.3 is 20.7 Å². The van der Waals surface area contributed by atoms with Crippen LogP contribution in [0.4, 0.5) is 0 Å². The normalized spacial score (nSPS) is 37.9. The maximum Gasteiger partial charge on any atom is 0.397 e. The summed E-state index contributed by atoms with van der Waals surface area (Å²) in [6.45, 7) is -0.610. The summed E-state index contributed by atoms with van der Waals surface area (Å²) >= 11 is 0. The number of hydrogen-bond acceptors (Lipinski definition) is 7. The molecule has 5 N–H and O–H groups in total. The summed E-state index contributed by atoms with van der Waals surface area (Å²) in [7, 11) is -4.58. The predicted molar refractivity (Wildman–Crippen MR) is 47.2 cm³/mol. The molecule has 3 unspecified atom stereocenters. The van der Waals surface area contributed by atoms with Gasteiger partial charge in [-0.05, 0) is 0 Å². The van der Waals surface area contributed by atoms with E-state index in [0.29, 0.717) is 0 Å². The van der Waals surface area contributed by atoms with E-state index in [2.05, 4.69) is 4.18 Å². The number of rotatable bonds is 3. The Labute approximate surface area is 86.6 Å². The summed E-state index contributed by atoms with van der Waals surface area (Å²) in [6, 6.07) is -0.734. The van der Waals surface area contributed by atoms with Crippen LogP contribution in [-0.4, -0.2) is 60.8 Å². The van der Waals surface area contributed by atoms with Crippen LogP contribution in [0.3, 0.4) is 0 Å². The lowest BCUT2D eigenvalue weighted by molar-refractivity contribution is -0.153. The molecule has 0 saturated carbocycles. The first-order valence-corrected chi connectivity index (χ1v) is 5.53. The van der Waals surface area contributed by atoms with Crippen LogP contribution < -0.4 is 5.73 Å². The van der Waals surface area contributed by atoms with Gasteiger partial charge in [0.1, 0.15) is 12.2 Å². The second-order valence-electron chi connectivity index (χ2n) is 3.23. The average Bonchev–Trinajstić information content (AvgIpc) is 2.12. The van der Waals surface area contributed by atoms with E-state index in [4.69, 9.17) is 15.0 Å². The van der Waals surface area contributed by atoms with Gasteiger partial charge in [-0.3, -0.25) is 4.55 Å². The highest BCUT2D eigenvalue weighted by atomic mass is 32.3. The second-order valence-corrected chi connectivity index (χ2v) is 4.32. The first-order valence-electron chi connectivity index (χ1n) is 4.16. The molecule has 0 bridgehead atoms. The molecule has 1 aliphatic heterocycles. The van der Waals surface area contributed by atoms with Gasteiger partial charge in [0.2, 0.25) is 0 Å². The quantitative estimate of drug-likeness (QED) is 0.391. The van der Waals surface area contributed by atoms with Gasteiger partial charge in [0.25, 0.3) is 0 Å². The number of aliphatic hydroxyl groups is 2. The molecule has 1 rings (SSSR count). The molecule has 0 spiro atoms. The van der Waals surface area contributed by atoms with E-state index in [-0.39, 0.29) is 6.61 Å². The number of ether oxygens (including phenoxy) is 1. The third kappa shape index (κ3) is 3.65. The van der Waals surface area contributed by atoms with Crippen molar-refractivity contribution in [3.05, 3.63) is 0 Å². The molecule has 1 saturated heterocycles. The van der Waals surface area contributed by atoms with E-state index in [1.807, 2.05) is 0 Å². The molecule has 0 aromatic heterocycles. The third-order valence-corrected chi connectivity index (χ3v) is 2.49. The topological polar surface area (TPSA) is 139 Å². The van der Waals surface area contributed by atoms with Crippen LogP contribution >= 0.6 is 0 Å². The third-order valence-electron chi connectivity index (χ3n) is 2.05. The van der Waals surface area contributed by atoms with Gasteiger partial charge >= 0.3 is 10.4 Å². The highest BCUT2D eigenvalue weighted by molar-refractivity contribution is 7.80. The Hall–Kier alpha value is -0.290. The van der Waals surface area contributed by atoms with E-state index in [0.717, 1.165) is 0 Å². The molecule has 4 atom stereocenters. The van der Waals surface area contributed by atoms with E-state index in [9.17, 15) is 18.6 Å². The zero-order chi connectivity index (χ0) is 11.6. The van der Waals surface area contributed by atoms with E-state index < -0.39 is 41.4 Å². The lowest BCUT2D eigenvalue weighted by atomic mass is 9.99. The molecule has 8 nitrogen and oxygen atoms in total. The fourth-order valence-corrected chi connectivity index (χ4v) is 1.51. The Bertz CT molecular complexity index is 305. The molecule has 0 aromatic rings. The molecule has 1 fully saturated rings. The van der Waals surface area contributed by atoms with Crippen molar-refractivity contribution in [1.29, 1.82) is 0 Å². The minimum Gasteiger partial charge on any atom is -0.389 e. The van der Waals surface area contributed by atoms with Crippen LogP contribution in [0, 0.1) is 0 Å². The van der Waals surface area contributed by atoms with Crippen LogP contribution in [-0.2, 0) is 19.3 Å². The summed E-state index contributed by atoms with van der Waals surface area (Å²) in [6.07, 6.45) is -3.61. The fraction of sp³-hybridized carbons (Fsp3) is 1.00. The first kappa shape index (κ1) is 12.8. The Balaban J connectivity index is 2.50. The van der Waals surface area contributed by atoms with E-state index >= 15 is 0 Å². The second kappa shape index (κ2) is 4.70. The summed E-state index contributed by atoms with van der Waals surface area (Å²) in [5, 5.41) is 18.7. The molecule has 0 radical (unpaired) electrons. The van der Waals surface area contributed by atoms with Gasteiger partial charge in [0.15, 0.2) is 0 Å². The standard InChI is InChI=1S/C6H13NO7S/c7-3-1-13-4(6(9)5(3)8)2-14-15(10,11)12/h3-6,8-9H,1-2,7H2,(H,10,11,12)/t3?,4?,5?,6-/m1/s1. The molecule has 9 heteroatoms. The summed E-state index contributed by atoms with van der Waals surface area (Å²) in [5.74, 6) is 0. The largest absolute Gasteiger partial charge is 0.397 e. The highest BCUT2D eigenvalue weighted by Crippen LogP contribution is 2.15. The first-order chi connectivity index (χ1) is 6.81. The molecule has 1 heterocycles. The Kier molecular flexibility index (Phi) is 4.00. The average molecular weight is 243 g/mol. The fourth-order valence-electron chi connectivity index (χ4n) is 1.20. The van der Waals surface area contributed by atoms with Gasteiger partial charge in [0, 0.05) is 0 Å². The maximum atomic E-state index is 10.2. The van der Waals surface area contributed by atoms with E-state index in [1.54, 1.807) is 0 Å². The molecule has 0 aromatic carbocycles. The molecular formula is C6H13NO7S. The highest BCUT2D eigenvalue weighted by Gasteiger charge is 2.37. The van der Waals surface area contributed by atoms with Crippen molar-refractivity contribution in [3.8, 4) is 0 Å². The Morgan fingerprint density at radius 3 is 2.53 bits per heavy atom. The SMILES string of the molecule is NC1COC(COS(=O)(=O)O)[C@@H](O)C1O. The zero-order valence-electron chi connectivity index (χ0n) is 7.68. The minimum atomic E-state index is -4.58. The number of nitrogens with two attached hydrogens (primary N) is 1. The zero-order valence-corrected chi connectivity index (χ0v) is 8.50. The van der Waals surface area contributed by atoms with Gasteiger partial charge in [0.05, 0.1) is 25.4 Å². The molecule has 1 aliphatic rings. The lowest BCUT2D eigenvalue weighted by Gasteiger charge is -2.35. The summed E-state index contributed by atoms with van der Waals surface area (Å²) in [4.78, 5) is 0. The number of hydrogen-bond donors (Lipinski definition) is 4. The van der Waals surface area contributed by atoms with Crippen molar-refractivity contribution in [2.45, 2.75) is 24.4 Å². The van der Waals surface area contributed by atoms with Crippen molar-refractivity contribution < 1.29 is 32.1 Å². The van der Waals surface area contributed by atoms with Gasteiger partial charge in [-0.2, -0.15) is 8.42 Å². The minimum absolute atomic E-state index is 0.0300. The molecule has 15 heavy (non-hydrogen) atoms. The summed E-state index contributed by atoms with van der Waals surface area (Å²) < 4.78 is 37.7. The smallest absolute Gasteiger partial charge is 0.389 e. The van der Waals surface area contributed by atoms with Crippen molar-refractivity contribution in [1.82, 2.24) is 0 Å². The van der Waals surface area contributed by atoms with Gasteiger partial charge in [-0.25, -0.2) is 4.18 Å². The van der Waals surface area contributed by atoms with E-state index in [1.165, 1.54) is 0 Å². The van der Waals surface area contributed by atoms with Crippen molar-refractivity contribution >= 4 is 10.4 Å². The van der Waals surface area contributed by atoms with Crippen molar-refractivity contribution in [3.63, 3.8) is 0 Å². The molecule has 0 amide bonds. The molecule has 0 aliphatic carbocycles. The van der Waals surface area contributed by atoms with Gasteiger partial charge in [-0.1, -0.05) is 0 Å². The van der Waals surface area contributed by atoms with Crippen molar-refractivity contribution in [2.75, 3.05) is 13.2 Å². The Morgan fingerprint density at radius 1 is 1.40 bits per heavy atom. The predicted octanol–water partition coefficient (Wildman–Crippen LogP) is -2.75. The number of aliphatic hydroxyl groups excluding tert-OH is 2. The van der Waals surface area contributed by atoms with Crippen molar-refractivity contribution in [2.24, 2.45) is 5.73 Å². The van der Waals surface area contributed by atoms with Crippen LogP contribution in [0.15, 0.2) is 0 Å². The maximum absolute atomic E-state index is 10.2. The van der Waals surface area contributed by atoms with Crippen LogP contribution in [0.5, 0.6) is 0 Å². The summed E-state index contributed by atoms with van der Waals surface area (Å²) in [5.41, 5.74) is 5.37. The monoisotopic (exact) mass is 243 g/mol. The van der Waals surface area contributed by atoms with Crippen LogP contribution in [0.1, 0.15) is 0 Å². The van der Waals surface area contributed by atoms with Crippen LogP contribution in [0.25, 0.3) is 0 Å².